The molecule has 0 fully saturated rings. The molecule has 0 radical (unpaired) electrons. The van der Waals surface area contributed by atoms with Crippen molar-refractivity contribution in [3.63, 3.8) is 0 Å². The minimum atomic E-state index is -0.462. The number of rotatable bonds is 10. The first-order chi connectivity index (χ1) is 12.1. The van der Waals surface area contributed by atoms with Crippen LogP contribution < -0.4 is 14.2 Å². The number of methoxy groups -OCH3 is 2. The number of hydrogen-bond donors (Lipinski definition) is 1. The molecule has 0 saturated heterocycles. The molecule has 0 aromatic heterocycles. The number of ether oxygens (including phenoxy) is 3. The van der Waals surface area contributed by atoms with Crippen LogP contribution >= 0.6 is 12.4 Å². The molecule has 0 spiro atoms. The number of benzene rings is 2. The highest BCUT2D eigenvalue weighted by Gasteiger charge is 2.06. The summed E-state index contributed by atoms with van der Waals surface area (Å²) in [6, 6.07) is 14.0. The summed E-state index contributed by atoms with van der Waals surface area (Å²) in [7, 11) is 3.34. The van der Waals surface area contributed by atoms with E-state index < -0.39 is 6.10 Å². The number of halogens is 1. The van der Waals surface area contributed by atoms with Crippen LogP contribution in [0.2, 0.25) is 0 Å². The zero-order chi connectivity index (χ0) is 18.1. The maximum Gasteiger partial charge on any atom is 0.122 e. The van der Waals surface area contributed by atoms with Gasteiger partial charge >= 0.3 is 0 Å². The molecule has 1 unspecified atom stereocenters. The molecule has 2 rings (SSSR count). The van der Waals surface area contributed by atoms with Gasteiger partial charge in [0.15, 0.2) is 0 Å². The first-order valence-electron chi connectivity index (χ1n) is 8.73. The minimum absolute atomic E-state index is 0. The van der Waals surface area contributed by atoms with Gasteiger partial charge in [0.2, 0.25) is 0 Å². The van der Waals surface area contributed by atoms with Crippen LogP contribution in [0.4, 0.5) is 0 Å². The molecule has 0 aliphatic heterocycles. The van der Waals surface area contributed by atoms with Crippen LogP contribution in [-0.2, 0) is 12.8 Å². The van der Waals surface area contributed by atoms with E-state index in [-0.39, 0.29) is 12.4 Å². The van der Waals surface area contributed by atoms with E-state index in [4.69, 9.17) is 14.2 Å². The Morgan fingerprint density at radius 2 is 1.54 bits per heavy atom. The van der Waals surface area contributed by atoms with Crippen LogP contribution in [-0.4, -0.2) is 32.0 Å². The lowest BCUT2D eigenvalue weighted by Gasteiger charge is -2.13. The van der Waals surface area contributed by atoms with Crippen LogP contribution in [0.15, 0.2) is 42.5 Å². The fourth-order valence-corrected chi connectivity index (χ4v) is 2.72. The molecule has 4 nitrogen and oxygen atoms in total. The van der Waals surface area contributed by atoms with Crippen molar-refractivity contribution in [2.45, 2.75) is 38.7 Å². The summed E-state index contributed by atoms with van der Waals surface area (Å²) in [4.78, 5) is 0. The standard InChI is InChI=1S/C21H28O4.ClH/c1-16(22)15-25-21-11-7-6-10-18(21)9-5-4-8-17-12-19(23-2)14-20(13-17)24-3;/h6-7,10-14,16,22H,4-5,8-9,15H2,1-3H3;1H. The number of aliphatic hydroxyl groups is 1. The monoisotopic (exact) mass is 380 g/mol. The van der Waals surface area contributed by atoms with Crippen LogP contribution in [0, 0.1) is 0 Å². The van der Waals surface area contributed by atoms with Gasteiger partial charge < -0.3 is 19.3 Å². The second-order valence-electron chi connectivity index (χ2n) is 6.20. The Kier molecular flexibility index (Phi) is 9.92. The van der Waals surface area contributed by atoms with Gasteiger partial charge in [0.05, 0.1) is 20.3 Å². The summed E-state index contributed by atoms with van der Waals surface area (Å²) in [5.41, 5.74) is 2.40. The second kappa shape index (κ2) is 11.7. The predicted molar refractivity (Wildman–Crippen MR) is 107 cm³/mol. The fraction of sp³-hybridized carbons (Fsp3) is 0.429. The molecule has 0 aliphatic carbocycles. The van der Waals surface area contributed by atoms with Crippen LogP contribution in [0.1, 0.15) is 30.9 Å². The van der Waals surface area contributed by atoms with Crippen molar-refractivity contribution in [1.29, 1.82) is 0 Å². The molecule has 0 amide bonds. The molecule has 0 saturated carbocycles. The quantitative estimate of drug-likeness (QED) is 0.618. The largest absolute Gasteiger partial charge is 0.497 e. The third-order valence-corrected chi connectivity index (χ3v) is 4.03. The lowest BCUT2D eigenvalue weighted by molar-refractivity contribution is 0.122. The molecule has 144 valence electrons. The molecule has 2 aromatic rings. The van der Waals surface area contributed by atoms with Crippen molar-refractivity contribution < 1.29 is 19.3 Å². The topological polar surface area (TPSA) is 47.9 Å². The molecule has 0 bridgehead atoms. The second-order valence-corrected chi connectivity index (χ2v) is 6.20. The van der Waals surface area contributed by atoms with E-state index in [2.05, 4.69) is 18.2 Å². The van der Waals surface area contributed by atoms with E-state index in [0.29, 0.717) is 6.61 Å². The smallest absolute Gasteiger partial charge is 0.122 e. The summed E-state index contributed by atoms with van der Waals surface area (Å²) in [5, 5.41) is 9.38. The van der Waals surface area contributed by atoms with Crippen molar-refractivity contribution in [1.82, 2.24) is 0 Å². The third-order valence-electron chi connectivity index (χ3n) is 4.03. The molecule has 5 heteroatoms. The number of aryl methyl sites for hydroxylation is 2. The van der Waals surface area contributed by atoms with Crippen molar-refractivity contribution in [3.05, 3.63) is 53.6 Å². The average molecular weight is 381 g/mol. The Balaban J connectivity index is 0.00000338. The molecular weight excluding hydrogens is 352 g/mol. The normalized spacial score (nSPS) is 11.4. The number of aliphatic hydroxyl groups excluding tert-OH is 1. The fourth-order valence-electron chi connectivity index (χ4n) is 2.72. The van der Waals surface area contributed by atoms with Gasteiger partial charge in [-0.25, -0.2) is 0 Å². The summed E-state index contributed by atoms with van der Waals surface area (Å²) >= 11 is 0. The Morgan fingerprint density at radius 1 is 0.923 bits per heavy atom. The maximum atomic E-state index is 9.38. The summed E-state index contributed by atoms with van der Waals surface area (Å²) in [6.07, 6.45) is 3.60. The lowest BCUT2D eigenvalue weighted by Crippen LogP contribution is -2.13. The van der Waals surface area contributed by atoms with Crippen LogP contribution in [0.25, 0.3) is 0 Å². The van der Waals surface area contributed by atoms with E-state index in [1.54, 1.807) is 21.1 Å². The molecule has 1 atom stereocenters. The molecule has 26 heavy (non-hydrogen) atoms. The van der Waals surface area contributed by atoms with Gasteiger partial charge in [-0.15, -0.1) is 12.4 Å². The Labute approximate surface area is 162 Å². The van der Waals surface area contributed by atoms with Crippen molar-refractivity contribution >= 4 is 12.4 Å². The molecule has 2 aromatic carbocycles. The van der Waals surface area contributed by atoms with Gasteiger partial charge in [0.1, 0.15) is 23.9 Å². The van der Waals surface area contributed by atoms with E-state index in [1.165, 1.54) is 11.1 Å². The first kappa shape index (κ1) is 22.1. The van der Waals surface area contributed by atoms with Crippen molar-refractivity contribution in [2.75, 3.05) is 20.8 Å². The van der Waals surface area contributed by atoms with Crippen LogP contribution in [0.3, 0.4) is 0 Å². The van der Waals surface area contributed by atoms with E-state index in [9.17, 15) is 5.11 Å². The maximum absolute atomic E-state index is 9.38. The Morgan fingerprint density at radius 3 is 2.15 bits per heavy atom. The average Bonchev–Trinajstić information content (AvgIpc) is 2.63. The lowest BCUT2D eigenvalue weighted by atomic mass is 10.0. The SMILES string of the molecule is COc1cc(CCCCc2ccccc2OCC(C)O)cc(OC)c1.Cl. The molecule has 0 heterocycles. The molecule has 0 aliphatic rings. The van der Waals surface area contributed by atoms with E-state index in [0.717, 1.165) is 42.9 Å². The predicted octanol–water partition coefficient (Wildman–Crippen LogP) is 4.45. The Bertz CT molecular complexity index is 636. The zero-order valence-corrected chi connectivity index (χ0v) is 16.6. The van der Waals surface area contributed by atoms with Gasteiger partial charge in [-0.2, -0.15) is 0 Å². The Hall–Kier alpha value is -1.91. The molecular formula is C21H29ClO4. The third kappa shape index (κ3) is 7.14. The van der Waals surface area contributed by atoms with Crippen molar-refractivity contribution in [2.24, 2.45) is 0 Å². The van der Waals surface area contributed by atoms with Crippen molar-refractivity contribution in [3.8, 4) is 17.2 Å². The van der Waals surface area contributed by atoms with Crippen LogP contribution in [0.5, 0.6) is 17.2 Å². The molecule has 1 N–H and O–H groups in total. The highest BCUT2D eigenvalue weighted by atomic mass is 35.5. The zero-order valence-electron chi connectivity index (χ0n) is 15.7. The number of unbranched alkanes of at least 4 members (excludes halogenated alkanes) is 1. The summed E-state index contributed by atoms with van der Waals surface area (Å²) in [6.45, 7) is 2.05. The van der Waals surface area contributed by atoms with Gasteiger partial charge in [-0.3, -0.25) is 0 Å². The summed E-state index contributed by atoms with van der Waals surface area (Å²) < 4.78 is 16.3. The van der Waals surface area contributed by atoms with Gasteiger partial charge in [-0.05, 0) is 61.9 Å². The van der Waals surface area contributed by atoms with Gasteiger partial charge in [-0.1, -0.05) is 18.2 Å². The van der Waals surface area contributed by atoms with E-state index in [1.807, 2.05) is 24.3 Å². The minimum Gasteiger partial charge on any atom is -0.497 e. The number of hydrogen-bond acceptors (Lipinski definition) is 4. The number of para-hydroxylation sites is 1. The first-order valence-corrected chi connectivity index (χ1v) is 8.73. The van der Waals surface area contributed by atoms with Gasteiger partial charge in [0, 0.05) is 6.07 Å². The highest BCUT2D eigenvalue weighted by molar-refractivity contribution is 5.85. The summed E-state index contributed by atoms with van der Waals surface area (Å²) in [5.74, 6) is 2.52. The van der Waals surface area contributed by atoms with Gasteiger partial charge in [0.25, 0.3) is 0 Å². The van der Waals surface area contributed by atoms with E-state index >= 15 is 0 Å². The highest BCUT2D eigenvalue weighted by Crippen LogP contribution is 2.24.